The van der Waals surface area contributed by atoms with Crippen LogP contribution in [0.4, 0.5) is 0 Å². The molecule has 0 radical (unpaired) electrons. The highest BCUT2D eigenvalue weighted by atomic mass is 127. The van der Waals surface area contributed by atoms with Gasteiger partial charge in [0.1, 0.15) is 18.7 Å². The van der Waals surface area contributed by atoms with E-state index in [1.54, 1.807) is 4.68 Å². The van der Waals surface area contributed by atoms with Crippen LogP contribution in [0.2, 0.25) is 0 Å². The molecule has 15 heavy (non-hydrogen) atoms. The molecule has 0 fully saturated rings. The predicted octanol–water partition coefficient (Wildman–Crippen LogP) is 2.00. The fourth-order valence-corrected chi connectivity index (χ4v) is 1.70. The molecule has 2 aromatic rings. The largest absolute Gasteiger partial charge is 0.485 e. The van der Waals surface area contributed by atoms with Crippen molar-refractivity contribution in [2.75, 3.05) is 0 Å². The highest BCUT2D eigenvalue weighted by molar-refractivity contribution is 14.1. The van der Waals surface area contributed by atoms with Gasteiger partial charge in [-0.15, -0.1) is 0 Å². The van der Waals surface area contributed by atoms with Crippen molar-refractivity contribution in [3.05, 3.63) is 40.0 Å². The number of ether oxygens (including phenoxy) is 1. The van der Waals surface area contributed by atoms with Gasteiger partial charge in [-0.3, -0.25) is 4.68 Å². The van der Waals surface area contributed by atoms with E-state index in [4.69, 9.17) is 4.74 Å². The van der Waals surface area contributed by atoms with Crippen LogP contribution >= 0.6 is 22.6 Å². The molecular formula is C10H10IN3O. The lowest BCUT2D eigenvalue weighted by atomic mass is 10.3. The van der Waals surface area contributed by atoms with Crippen molar-refractivity contribution < 1.29 is 4.74 Å². The minimum atomic E-state index is 0.441. The second kappa shape index (κ2) is 4.61. The van der Waals surface area contributed by atoms with Crippen LogP contribution in [0.25, 0.3) is 0 Å². The maximum Gasteiger partial charge on any atom is 0.164 e. The Labute approximate surface area is 101 Å². The molecule has 1 heterocycles. The molecule has 5 heteroatoms. The summed E-state index contributed by atoms with van der Waals surface area (Å²) in [7, 11) is 1.85. The molecule has 0 aliphatic rings. The fraction of sp³-hybridized carbons (Fsp3) is 0.200. The smallest absolute Gasteiger partial charge is 0.164 e. The molecule has 4 nitrogen and oxygen atoms in total. The summed E-state index contributed by atoms with van der Waals surface area (Å²) in [5.74, 6) is 1.69. The molecule has 0 saturated carbocycles. The number of hydrogen-bond acceptors (Lipinski definition) is 3. The quantitative estimate of drug-likeness (QED) is 0.814. The van der Waals surface area contributed by atoms with Crippen molar-refractivity contribution in [1.82, 2.24) is 14.8 Å². The van der Waals surface area contributed by atoms with Crippen molar-refractivity contribution in [2.24, 2.45) is 7.05 Å². The number of halogens is 1. The molecule has 0 N–H and O–H groups in total. The van der Waals surface area contributed by atoms with E-state index >= 15 is 0 Å². The fourth-order valence-electron chi connectivity index (χ4n) is 1.15. The van der Waals surface area contributed by atoms with E-state index in [0.29, 0.717) is 6.61 Å². The van der Waals surface area contributed by atoms with Gasteiger partial charge < -0.3 is 4.74 Å². The lowest BCUT2D eigenvalue weighted by Crippen LogP contribution is -2.04. The van der Waals surface area contributed by atoms with Gasteiger partial charge in [0.15, 0.2) is 5.82 Å². The molecule has 0 aliphatic heterocycles. The Morgan fingerprint density at radius 2 is 2.20 bits per heavy atom. The molecule has 0 saturated heterocycles. The zero-order valence-electron chi connectivity index (χ0n) is 8.22. The van der Waals surface area contributed by atoms with Crippen LogP contribution in [-0.4, -0.2) is 14.8 Å². The van der Waals surface area contributed by atoms with Crippen LogP contribution < -0.4 is 4.74 Å². The second-order valence-electron chi connectivity index (χ2n) is 3.02. The molecular weight excluding hydrogens is 305 g/mol. The summed E-state index contributed by atoms with van der Waals surface area (Å²) in [6.45, 7) is 0.441. The summed E-state index contributed by atoms with van der Waals surface area (Å²) in [6.07, 6.45) is 1.52. The van der Waals surface area contributed by atoms with Crippen LogP contribution in [0, 0.1) is 3.57 Å². The van der Waals surface area contributed by atoms with Crippen LogP contribution in [0.5, 0.6) is 5.75 Å². The average Bonchev–Trinajstić information content (AvgIpc) is 2.63. The van der Waals surface area contributed by atoms with E-state index in [9.17, 15) is 0 Å². The lowest BCUT2D eigenvalue weighted by Gasteiger charge is -2.06. The first kappa shape index (κ1) is 10.4. The summed E-state index contributed by atoms with van der Waals surface area (Å²) in [5.41, 5.74) is 0. The van der Waals surface area contributed by atoms with Gasteiger partial charge in [-0.25, -0.2) is 4.98 Å². The maximum atomic E-state index is 5.63. The molecule has 0 atom stereocenters. The molecule has 0 amide bonds. The third-order valence-electron chi connectivity index (χ3n) is 2.00. The van der Waals surface area contributed by atoms with E-state index in [1.165, 1.54) is 6.33 Å². The van der Waals surface area contributed by atoms with Crippen LogP contribution in [0.15, 0.2) is 30.6 Å². The zero-order chi connectivity index (χ0) is 10.7. The van der Waals surface area contributed by atoms with Gasteiger partial charge in [0, 0.05) is 7.05 Å². The number of aromatic nitrogens is 3. The first-order valence-electron chi connectivity index (χ1n) is 4.47. The Kier molecular flexibility index (Phi) is 3.20. The van der Waals surface area contributed by atoms with Crippen LogP contribution in [0.3, 0.4) is 0 Å². The van der Waals surface area contributed by atoms with E-state index in [0.717, 1.165) is 15.1 Å². The van der Waals surface area contributed by atoms with Crippen LogP contribution in [-0.2, 0) is 13.7 Å². The monoisotopic (exact) mass is 315 g/mol. The summed E-state index contributed by atoms with van der Waals surface area (Å²) in [6, 6.07) is 7.88. The molecule has 1 aromatic carbocycles. The van der Waals surface area contributed by atoms with Crippen molar-refractivity contribution in [2.45, 2.75) is 6.61 Å². The molecule has 0 unspecified atom stereocenters. The Hall–Kier alpha value is -1.11. The SMILES string of the molecule is Cn1ncnc1COc1ccccc1I. The van der Waals surface area contributed by atoms with Crippen molar-refractivity contribution >= 4 is 22.6 Å². The van der Waals surface area contributed by atoms with Gasteiger partial charge >= 0.3 is 0 Å². The third kappa shape index (κ3) is 2.47. The maximum absolute atomic E-state index is 5.63. The van der Waals surface area contributed by atoms with E-state index in [-0.39, 0.29) is 0 Å². The first-order chi connectivity index (χ1) is 7.27. The lowest BCUT2D eigenvalue weighted by molar-refractivity contribution is 0.288. The average molecular weight is 315 g/mol. The molecule has 0 aliphatic carbocycles. The first-order valence-corrected chi connectivity index (χ1v) is 5.55. The van der Waals surface area contributed by atoms with Gasteiger partial charge in [-0.05, 0) is 34.7 Å². The topological polar surface area (TPSA) is 39.9 Å². The molecule has 0 bridgehead atoms. The normalized spacial score (nSPS) is 10.3. The van der Waals surface area contributed by atoms with Gasteiger partial charge in [0.25, 0.3) is 0 Å². The number of nitrogens with zero attached hydrogens (tertiary/aromatic N) is 3. The van der Waals surface area contributed by atoms with Gasteiger partial charge in [0.2, 0.25) is 0 Å². The molecule has 2 rings (SSSR count). The van der Waals surface area contributed by atoms with E-state index < -0.39 is 0 Å². The van der Waals surface area contributed by atoms with E-state index in [1.807, 2.05) is 31.3 Å². The van der Waals surface area contributed by atoms with Crippen molar-refractivity contribution in [3.63, 3.8) is 0 Å². The van der Waals surface area contributed by atoms with Gasteiger partial charge in [0.05, 0.1) is 3.57 Å². The zero-order valence-corrected chi connectivity index (χ0v) is 10.4. The number of para-hydroxylation sites is 1. The Morgan fingerprint density at radius 3 is 2.87 bits per heavy atom. The Bertz CT molecular complexity index is 455. The summed E-state index contributed by atoms with van der Waals surface area (Å²) in [4.78, 5) is 4.08. The number of hydrogen-bond donors (Lipinski definition) is 0. The molecule has 0 spiro atoms. The highest BCUT2D eigenvalue weighted by Crippen LogP contribution is 2.20. The van der Waals surface area contributed by atoms with Gasteiger partial charge in [-0.2, -0.15) is 5.10 Å². The number of aryl methyl sites for hydroxylation is 1. The predicted molar refractivity (Wildman–Crippen MR) is 64.5 cm³/mol. The molecule has 78 valence electrons. The Balaban J connectivity index is 2.06. The summed E-state index contributed by atoms with van der Waals surface area (Å²) < 4.78 is 8.43. The van der Waals surface area contributed by atoms with E-state index in [2.05, 4.69) is 32.7 Å². The molecule has 1 aromatic heterocycles. The van der Waals surface area contributed by atoms with Crippen molar-refractivity contribution in [3.8, 4) is 5.75 Å². The Morgan fingerprint density at radius 1 is 1.40 bits per heavy atom. The van der Waals surface area contributed by atoms with Crippen LogP contribution in [0.1, 0.15) is 5.82 Å². The van der Waals surface area contributed by atoms with Crippen molar-refractivity contribution in [1.29, 1.82) is 0 Å². The minimum Gasteiger partial charge on any atom is -0.485 e. The number of rotatable bonds is 3. The number of benzene rings is 1. The second-order valence-corrected chi connectivity index (χ2v) is 4.18. The highest BCUT2D eigenvalue weighted by Gasteiger charge is 2.03. The summed E-state index contributed by atoms with van der Waals surface area (Å²) in [5, 5.41) is 3.98. The van der Waals surface area contributed by atoms with Gasteiger partial charge in [-0.1, -0.05) is 12.1 Å². The standard InChI is InChI=1S/C10H10IN3O/c1-14-10(12-7-13-14)6-15-9-5-3-2-4-8(9)11/h2-5,7H,6H2,1H3. The minimum absolute atomic E-state index is 0.441. The summed E-state index contributed by atoms with van der Waals surface area (Å²) >= 11 is 2.24. The third-order valence-corrected chi connectivity index (χ3v) is 2.89.